The summed E-state index contributed by atoms with van der Waals surface area (Å²) in [6.07, 6.45) is 0. The summed E-state index contributed by atoms with van der Waals surface area (Å²) in [5, 5.41) is 10.3. The van der Waals surface area contributed by atoms with Gasteiger partial charge in [-0.3, -0.25) is 0 Å². The first kappa shape index (κ1) is 19.9. The van der Waals surface area contributed by atoms with Crippen LogP contribution in [-0.4, -0.2) is 8.78 Å². The summed E-state index contributed by atoms with van der Waals surface area (Å²) in [4.78, 5) is 4.51. The number of fused-ring (bicyclic) bond motifs is 1. The average Bonchev–Trinajstić information content (AvgIpc) is 3.11. The summed E-state index contributed by atoms with van der Waals surface area (Å²) in [5.41, 5.74) is 8.26. The maximum Gasteiger partial charge on any atom is 0.248 e. The third-order valence-electron chi connectivity index (χ3n) is 4.40. The monoisotopic (exact) mass is 465 g/mol. The largest absolute Gasteiger partial charge is 0.440 e. The van der Waals surface area contributed by atoms with Crippen LogP contribution in [0.3, 0.4) is 0 Å². The van der Waals surface area contributed by atoms with E-state index in [4.69, 9.17) is 61.3 Å². The second-order valence-corrected chi connectivity index (χ2v) is 8.92. The number of nitrogens with zero attached hydrogens (tertiary/aromatic N) is 2. The summed E-state index contributed by atoms with van der Waals surface area (Å²) in [5.74, 6) is -0.809. The molecule has 0 fully saturated rings. The number of halogens is 4. The summed E-state index contributed by atoms with van der Waals surface area (Å²) >= 11 is 24.6. The van der Waals surface area contributed by atoms with E-state index in [9.17, 15) is 5.26 Å². The first-order chi connectivity index (χ1) is 13.8. The summed E-state index contributed by atoms with van der Waals surface area (Å²) in [7, 11) is 0. The number of para-hydroxylation sites is 2. The van der Waals surface area contributed by atoms with Crippen molar-refractivity contribution in [3.05, 3.63) is 82.2 Å². The Morgan fingerprint density at radius 3 is 2.38 bits per heavy atom. The fourth-order valence-electron chi connectivity index (χ4n) is 3.16. The zero-order chi connectivity index (χ0) is 20.8. The van der Waals surface area contributed by atoms with Gasteiger partial charge in [-0.1, -0.05) is 70.7 Å². The van der Waals surface area contributed by atoms with Crippen molar-refractivity contribution in [2.24, 2.45) is 5.73 Å². The van der Waals surface area contributed by atoms with Gasteiger partial charge in [0.1, 0.15) is 17.2 Å². The Balaban J connectivity index is 2.03. The highest BCUT2D eigenvalue weighted by Gasteiger charge is 2.43. The predicted octanol–water partition coefficient (Wildman–Crippen LogP) is 6.07. The van der Waals surface area contributed by atoms with Crippen LogP contribution in [0.2, 0.25) is 5.02 Å². The van der Waals surface area contributed by atoms with E-state index in [0.29, 0.717) is 27.3 Å². The molecule has 1 atom stereocenters. The van der Waals surface area contributed by atoms with E-state index in [-0.39, 0.29) is 23.1 Å². The first-order valence-corrected chi connectivity index (χ1v) is 9.81. The molecule has 9 heteroatoms. The van der Waals surface area contributed by atoms with E-state index in [2.05, 4.69) is 11.1 Å². The van der Waals surface area contributed by atoms with Crippen LogP contribution >= 0.6 is 46.4 Å². The number of aromatic nitrogens is 1. The molecule has 0 spiro atoms. The van der Waals surface area contributed by atoms with Gasteiger partial charge in [-0.05, 0) is 29.8 Å². The van der Waals surface area contributed by atoms with Crippen LogP contribution in [0.5, 0.6) is 0 Å². The Hall–Kier alpha value is -2.36. The molecule has 29 heavy (non-hydrogen) atoms. The number of hydrogen-bond acceptors (Lipinski definition) is 5. The molecule has 0 saturated heterocycles. The lowest BCUT2D eigenvalue weighted by atomic mass is 9.83. The van der Waals surface area contributed by atoms with E-state index in [1.807, 2.05) is 12.1 Å². The van der Waals surface area contributed by atoms with Crippen molar-refractivity contribution in [1.29, 1.82) is 5.26 Å². The van der Waals surface area contributed by atoms with Crippen molar-refractivity contribution in [3.8, 4) is 6.07 Å². The van der Waals surface area contributed by atoms with Crippen LogP contribution in [0.15, 0.2) is 70.2 Å². The number of nitriles is 1. The van der Waals surface area contributed by atoms with Gasteiger partial charge in [0.05, 0.1) is 11.5 Å². The molecular formula is C20H11Cl4N3O2. The molecule has 1 aliphatic heterocycles. The second kappa shape index (κ2) is 7.47. The average molecular weight is 467 g/mol. The lowest BCUT2D eigenvalue weighted by Gasteiger charge is -2.30. The number of rotatable bonds is 2. The van der Waals surface area contributed by atoms with Gasteiger partial charge in [-0.15, -0.1) is 0 Å². The van der Waals surface area contributed by atoms with Crippen molar-refractivity contribution in [2.75, 3.05) is 0 Å². The molecule has 0 unspecified atom stereocenters. The topological polar surface area (TPSA) is 85.1 Å². The van der Waals surface area contributed by atoms with Crippen LogP contribution in [0.4, 0.5) is 0 Å². The van der Waals surface area contributed by atoms with Gasteiger partial charge in [-0.2, -0.15) is 5.26 Å². The molecule has 0 saturated carbocycles. The molecule has 0 amide bonds. The maximum atomic E-state index is 9.77. The Morgan fingerprint density at radius 1 is 1.07 bits per heavy atom. The van der Waals surface area contributed by atoms with Crippen molar-refractivity contribution in [1.82, 2.24) is 4.98 Å². The zero-order valence-electron chi connectivity index (χ0n) is 14.5. The molecule has 2 N–H and O–H groups in total. The zero-order valence-corrected chi connectivity index (χ0v) is 17.5. The Kier molecular flexibility index (Phi) is 5.14. The van der Waals surface area contributed by atoms with Crippen LogP contribution in [0.25, 0.3) is 16.7 Å². The van der Waals surface area contributed by atoms with Crippen molar-refractivity contribution >= 4 is 63.1 Å². The molecule has 4 rings (SSSR count). The fourth-order valence-corrected chi connectivity index (χ4v) is 3.71. The number of ether oxygens (including phenoxy) is 1. The molecule has 0 radical (unpaired) electrons. The van der Waals surface area contributed by atoms with Gasteiger partial charge in [0.2, 0.25) is 15.6 Å². The number of hydrogen-bond donors (Lipinski definition) is 1. The molecule has 3 aromatic rings. The molecular weight excluding hydrogens is 456 g/mol. The number of nitrogens with two attached hydrogens (primary N) is 1. The van der Waals surface area contributed by atoms with Crippen LogP contribution < -0.4 is 5.73 Å². The molecule has 2 heterocycles. The number of benzene rings is 2. The minimum absolute atomic E-state index is 0.0782. The van der Waals surface area contributed by atoms with Gasteiger partial charge in [0.25, 0.3) is 0 Å². The second-order valence-electron chi connectivity index (χ2n) is 6.20. The molecule has 5 nitrogen and oxygen atoms in total. The molecule has 2 aromatic carbocycles. The van der Waals surface area contributed by atoms with Crippen molar-refractivity contribution in [3.63, 3.8) is 0 Å². The van der Waals surface area contributed by atoms with Crippen LogP contribution in [-0.2, 0) is 4.74 Å². The van der Waals surface area contributed by atoms with Crippen LogP contribution in [0, 0.1) is 11.3 Å². The van der Waals surface area contributed by atoms with Crippen molar-refractivity contribution < 1.29 is 9.15 Å². The highest BCUT2D eigenvalue weighted by Crippen LogP contribution is 2.50. The van der Waals surface area contributed by atoms with E-state index < -0.39 is 9.71 Å². The normalized spacial score (nSPS) is 17.4. The van der Waals surface area contributed by atoms with Gasteiger partial charge < -0.3 is 14.9 Å². The Morgan fingerprint density at radius 2 is 1.76 bits per heavy atom. The molecule has 0 bridgehead atoms. The summed E-state index contributed by atoms with van der Waals surface area (Å²) < 4.78 is 9.52. The lowest BCUT2D eigenvalue weighted by Crippen LogP contribution is -2.26. The first-order valence-electron chi connectivity index (χ1n) is 8.30. The van der Waals surface area contributed by atoms with E-state index >= 15 is 0 Å². The minimum atomic E-state index is -1.98. The third kappa shape index (κ3) is 3.65. The molecule has 146 valence electrons. The fraction of sp³-hybridized carbons (Fsp3) is 0.100. The molecule has 1 aliphatic rings. The minimum Gasteiger partial charge on any atom is -0.440 e. The predicted molar refractivity (Wildman–Crippen MR) is 113 cm³/mol. The maximum absolute atomic E-state index is 9.77. The van der Waals surface area contributed by atoms with Gasteiger partial charge >= 0.3 is 0 Å². The number of alkyl halides is 3. The molecule has 1 aromatic heterocycles. The SMILES string of the molecule is N#CC1=C(N)OC(C(Cl)(Cl)Cl)=C(c2nc3ccccc3o2)[C@H]1c1ccc(Cl)cc1. The van der Waals surface area contributed by atoms with Gasteiger partial charge in [-0.25, -0.2) is 4.98 Å². The Labute approximate surface area is 185 Å². The number of oxazole rings is 1. The summed E-state index contributed by atoms with van der Waals surface area (Å²) in [6.45, 7) is 0. The summed E-state index contributed by atoms with van der Waals surface area (Å²) in [6, 6.07) is 16.2. The lowest BCUT2D eigenvalue weighted by molar-refractivity contribution is 0.281. The molecule has 0 aliphatic carbocycles. The Bertz CT molecular complexity index is 1170. The number of allylic oxidation sites excluding steroid dienone is 3. The van der Waals surface area contributed by atoms with Gasteiger partial charge in [0.15, 0.2) is 11.3 Å². The standard InChI is InChI=1S/C20H11Cl4N3O2/c21-11-7-5-10(6-8-11)15-12(9-25)18(26)29-17(20(22,23)24)16(15)19-27-13-3-1-2-4-14(13)28-19/h1-8,15H,26H2/t15-/m0/s1. The smallest absolute Gasteiger partial charge is 0.248 e. The van der Waals surface area contributed by atoms with Crippen molar-refractivity contribution in [2.45, 2.75) is 9.71 Å². The highest BCUT2D eigenvalue weighted by atomic mass is 35.6. The van der Waals surface area contributed by atoms with Crippen LogP contribution in [0.1, 0.15) is 17.4 Å². The highest BCUT2D eigenvalue weighted by molar-refractivity contribution is 6.69. The van der Waals surface area contributed by atoms with Gasteiger partial charge in [0, 0.05) is 5.02 Å². The van der Waals surface area contributed by atoms with E-state index in [1.54, 1.807) is 36.4 Å². The third-order valence-corrected chi connectivity index (χ3v) is 5.17. The van der Waals surface area contributed by atoms with E-state index in [1.165, 1.54) is 0 Å². The quantitative estimate of drug-likeness (QED) is 0.463. The van der Waals surface area contributed by atoms with E-state index in [0.717, 1.165) is 0 Å².